The predicted molar refractivity (Wildman–Crippen MR) is 47.9 cm³/mol. The monoisotopic (exact) mass is 183 g/mol. The first kappa shape index (κ1) is 7.36. The van der Waals surface area contributed by atoms with Gasteiger partial charge in [-0.2, -0.15) is 0 Å². The lowest BCUT2D eigenvalue weighted by Crippen LogP contribution is -1.86. The minimum atomic E-state index is -0.597. The number of aromatic hydroxyl groups is 1. The maximum atomic E-state index is 13.1. The van der Waals surface area contributed by atoms with Crippen LogP contribution in [0.2, 0.25) is 0 Å². The van der Waals surface area contributed by atoms with E-state index in [0.29, 0.717) is 15.8 Å². The van der Waals surface area contributed by atoms with Crippen LogP contribution in [0.5, 0.6) is 5.75 Å². The quantitative estimate of drug-likeness (QED) is 0.616. The van der Waals surface area contributed by atoms with E-state index in [1.807, 2.05) is 0 Å². The van der Waals surface area contributed by atoms with Gasteiger partial charge < -0.3 is 10.8 Å². The van der Waals surface area contributed by atoms with E-state index in [4.69, 9.17) is 10.8 Å². The third-order valence-corrected chi connectivity index (χ3v) is 2.64. The van der Waals surface area contributed by atoms with Crippen LogP contribution >= 0.6 is 11.3 Å². The van der Waals surface area contributed by atoms with Crippen molar-refractivity contribution in [1.82, 2.24) is 0 Å². The van der Waals surface area contributed by atoms with Crippen molar-refractivity contribution in [3.05, 3.63) is 23.3 Å². The molecule has 0 aliphatic carbocycles. The van der Waals surface area contributed by atoms with E-state index in [2.05, 4.69) is 0 Å². The number of hydrogen-bond acceptors (Lipinski definition) is 3. The topological polar surface area (TPSA) is 46.2 Å². The summed E-state index contributed by atoms with van der Waals surface area (Å²) in [6.07, 6.45) is 0. The van der Waals surface area contributed by atoms with Crippen LogP contribution in [0.4, 0.5) is 10.1 Å². The van der Waals surface area contributed by atoms with Gasteiger partial charge in [0.05, 0.1) is 10.4 Å². The molecule has 12 heavy (non-hydrogen) atoms. The zero-order chi connectivity index (χ0) is 8.72. The number of phenols is 1. The number of thiophene rings is 1. The molecule has 0 bridgehead atoms. The van der Waals surface area contributed by atoms with Crippen molar-refractivity contribution in [2.75, 3.05) is 5.73 Å². The zero-order valence-corrected chi connectivity index (χ0v) is 6.86. The number of halogens is 1. The van der Waals surface area contributed by atoms with Crippen molar-refractivity contribution in [2.24, 2.45) is 0 Å². The van der Waals surface area contributed by atoms with Crippen molar-refractivity contribution >= 4 is 27.1 Å². The molecule has 1 heterocycles. The Balaban J connectivity index is 2.97. The highest BCUT2D eigenvalue weighted by Crippen LogP contribution is 2.33. The first-order valence-corrected chi connectivity index (χ1v) is 4.22. The molecule has 0 radical (unpaired) electrons. The molecule has 1 aromatic heterocycles. The molecule has 0 fully saturated rings. The van der Waals surface area contributed by atoms with Crippen LogP contribution in [0, 0.1) is 5.82 Å². The molecule has 1 aromatic carbocycles. The van der Waals surface area contributed by atoms with Crippen molar-refractivity contribution in [3.8, 4) is 5.75 Å². The fourth-order valence-electron chi connectivity index (χ4n) is 1.12. The Labute approximate surface area is 72.1 Å². The predicted octanol–water partition coefficient (Wildman–Crippen LogP) is 2.33. The number of nitrogen functional groups attached to an aromatic ring is 1. The fourth-order valence-corrected chi connectivity index (χ4v) is 1.94. The highest BCUT2D eigenvalue weighted by Gasteiger charge is 2.09. The molecule has 2 rings (SSSR count). The summed E-state index contributed by atoms with van der Waals surface area (Å²) in [7, 11) is 0. The molecule has 0 saturated heterocycles. The average molecular weight is 183 g/mol. The SMILES string of the molecule is Nc1cc(O)c(F)c2ccsc12. The molecule has 0 aliphatic heterocycles. The molecule has 2 aromatic rings. The lowest BCUT2D eigenvalue weighted by atomic mass is 10.2. The normalized spacial score (nSPS) is 10.8. The highest BCUT2D eigenvalue weighted by molar-refractivity contribution is 7.17. The Hall–Kier alpha value is -1.29. The number of nitrogens with two attached hydrogens (primary N) is 1. The van der Waals surface area contributed by atoms with E-state index < -0.39 is 11.6 Å². The summed E-state index contributed by atoms with van der Waals surface area (Å²) in [4.78, 5) is 0. The Bertz CT molecular complexity index is 438. The molecule has 62 valence electrons. The summed E-state index contributed by atoms with van der Waals surface area (Å²) in [6.45, 7) is 0. The average Bonchev–Trinajstić information content (AvgIpc) is 2.48. The highest BCUT2D eigenvalue weighted by atomic mass is 32.1. The number of rotatable bonds is 0. The molecule has 0 atom stereocenters. The molecular weight excluding hydrogens is 177 g/mol. The molecule has 2 nitrogen and oxygen atoms in total. The van der Waals surface area contributed by atoms with E-state index in [9.17, 15) is 4.39 Å². The summed E-state index contributed by atoms with van der Waals surface area (Å²) in [5.41, 5.74) is 5.97. The maximum Gasteiger partial charge on any atom is 0.173 e. The Morgan fingerprint density at radius 2 is 2.25 bits per heavy atom. The molecule has 0 unspecified atom stereocenters. The third kappa shape index (κ3) is 0.848. The summed E-state index contributed by atoms with van der Waals surface area (Å²) in [6, 6.07) is 2.83. The smallest absolute Gasteiger partial charge is 0.173 e. The Kier molecular flexibility index (Phi) is 1.44. The number of hydrogen-bond donors (Lipinski definition) is 2. The van der Waals surface area contributed by atoms with Gasteiger partial charge in [-0.1, -0.05) is 0 Å². The van der Waals surface area contributed by atoms with E-state index in [1.165, 1.54) is 17.4 Å². The van der Waals surface area contributed by atoms with Gasteiger partial charge in [-0.25, -0.2) is 4.39 Å². The van der Waals surface area contributed by atoms with E-state index in [0.717, 1.165) is 0 Å². The number of benzene rings is 1. The summed E-state index contributed by atoms with van der Waals surface area (Å²) in [5, 5.41) is 11.2. The van der Waals surface area contributed by atoms with Crippen LogP contribution in [0.25, 0.3) is 10.1 Å². The van der Waals surface area contributed by atoms with Crippen molar-refractivity contribution < 1.29 is 9.50 Å². The minimum Gasteiger partial charge on any atom is -0.505 e. The van der Waals surface area contributed by atoms with Crippen LogP contribution in [0.15, 0.2) is 17.5 Å². The first-order chi connectivity index (χ1) is 5.70. The van der Waals surface area contributed by atoms with Crippen molar-refractivity contribution in [3.63, 3.8) is 0 Å². The standard InChI is InChI=1S/C8H6FNOS/c9-7-4-1-2-12-8(4)5(10)3-6(7)11/h1-3,11H,10H2. The Morgan fingerprint density at radius 3 is 3.00 bits per heavy atom. The van der Waals surface area contributed by atoms with Gasteiger partial charge in [0, 0.05) is 11.5 Å². The number of anilines is 1. The van der Waals surface area contributed by atoms with Gasteiger partial charge in [0.25, 0.3) is 0 Å². The van der Waals surface area contributed by atoms with Gasteiger partial charge in [0.2, 0.25) is 0 Å². The lowest BCUT2D eigenvalue weighted by molar-refractivity contribution is 0.436. The van der Waals surface area contributed by atoms with Gasteiger partial charge in [-0.15, -0.1) is 11.3 Å². The van der Waals surface area contributed by atoms with Crippen molar-refractivity contribution in [1.29, 1.82) is 0 Å². The summed E-state index contributed by atoms with van der Waals surface area (Å²) >= 11 is 1.36. The largest absolute Gasteiger partial charge is 0.505 e. The van der Waals surface area contributed by atoms with Gasteiger partial charge in [-0.05, 0) is 11.4 Å². The molecule has 0 spiro atoms. The molecule has 4 heteroatoms. The fraction of sp³-hybridized carbons (Fsp3) is 0. The second-order valence-corrected chi connectivity index (χ2v) is 3.38. The Morgan fingerprint density at radius 1 is 1.50 bits per heavy atom. The molecule has 3 N–H and O–H groups in total. The van der Waals surface area contributed by atoms with Gasteiger partial charge in [0.1, 0.15) is 0 Å². The van der Waals surface area contributed by atoms with Crippen LogP contribution in [0.3, 0.4) is 0 Å². The van der Waals surface area contributed by atoms with Gasteiger partial charge in [0.15, 0.2) is 11.6 Å². The van der Waals surface area contributed by atoms with Crippen LogP contribution in [-0.4, -0.2) is 5.11 Å². The zero-order valence-electron chi connectivity index (χ0n) is 6.04. The van der Waals surface area contributed by atoms with Crippen LogP contribution < -0.4 is 5.73 Å². The van der Waals surface area contributed by atoms with Crippen LogP contribution in [0.1, 0.15) is 0 Å². The van der Waals surface area contributed by atoms with E-state index >= 15 is 0 Å². The van der Waals surface area contributed by atoms with E-state index in [-0.39, 0.29) is 0 Å². The van der Waals surface area contributed by atoms with E-state index in [1.54, 1.807) is 11.4 Å². The molecule has 0 amide bonds. The van der Waals surface area contributed by atoms with Crippen molar-refractivity contribution in [2.45, 2.75) is 0 Å². The minimum absolute atomic E-state index is 0.387. The molecule has 0 saturated carbocycles. The molecular formula is C8H6FNOS. The second-order valence-electron chi connectivity index (χ2n) is 2.46. The number of fused-ring (bicyclic) bond motifs is 1. The second kappa shape index (κ2) is 2.35. The first-order valence-electron chi connectivity index (χ1n) is 3.34. The number of phenolic OH excluding ortho intramolecular Hbond substituents is 1. The van der Waals surface area contributed by atoms with Gasteiger partial charge >= 0.3 is 0 Å². The summed E-state index contributed by atoms with van der Waals surface area (Å²) in [5.74, 6) is -0.987. The third-order valence-electron chi connectivity index (χ3n) is 1.68. The summed E-state index contributed by atoms with van der Waals surface area (Å²) < 4.78 is 13.8. The molecule has 0 aliphatic rings. The lowest BCUT2D eigenvalue weighted by Gasteiger charge is -1.99. The van der Waals surface area contributed by atoms with Gasteiger partial charge in [-0.3, -0.25) is 0 Å². The maximum absolute atomic E-state index is 13.1. The van der Waals surface area contributed by atoms with Crippen LogP contribution in [-0.2, 0) is 0 Å².